The number of carbonyl (C=O) groups excluding carboxylic acids is 2. The molecule has 3 rings (SSSR count). The largest absolute Gasteiger partial charge is 0.315 e. The van der Waals surface area contributed by atoms with Gasteiger partial charge in [0.05, 0.1) is 17.0 Å². The lowest BCUT2D eigenvalue weighted by molar-refractivity contribution is -0.117. The van der Waals surface area contributed by atoms with Gasteiger partial charge in [0.1, 0.15) is 11.1 Å². The lowest BCUT2D eigenvalue weighted by Gasteiger charge is -2.34. The maximum absolute atomic E-state index is 12.5. The predicted molar refractivity (Wildman–Crippen MR) is 111 cm³/mol. The van der Waals surface area contributed by atoms with E-state index >= 15 is 0 Å². The molecule has 0 saturated carbocycles. The van der Waals surface area contributed by atoms with Gasteiger partial charge in [0.15, 0.2) is 5.78 Å². The number of piperazine rings is 1. The van der Waals surface area contributed by atoms with E-state index in [4.69, 9.17) is 0 Å². The van der Waals surface area contributed by atoms with E-state index in [1.165, 1.54) is 23.8 Å². The number of benzene rings is 1. The molecule has 146 valence electrons. The quantitative estimate of drug-likeness (QED) is 0.760. The van der Waals surface area contributed by atoms with Crippen LogP contribution in [-0.2, 0) is 11.3 Å². The Labute approximate surface area is 169 Å². The van der Waals surface area contributed by atoms with Crippen LogP contribution >= 0.6 is 11.3 Å². The minimum Gasteiger partial charge on any atom is -0.315 e. The van der Waals surface area contributed by atoms with E-state index in [1.54, 1.807) is 6.92 Å². The molecule has 1 aliphatic rings. The molecular formula is C21H24N4O2S. The predicted octanol–water partition coefficient (Wildman–Crippen LogP) is 2.89. The van der Waals surface area contributed by atoms with Crippen molar-refractivity contribution in [3.8, 4) is 6.07 Å². The standard InChI is InChI=1S/C21H24N4O2S/c1-15-18(12-22)21(28-20(15)16(2)26)23-19(27)14-25-10-8-24(9-11-25)13-17-6-4-3-5-7-17/h3-7H,8-11,13-14H2,1-2H3,(H,23,27). The average molecular weight is 397 g/mol. The van der Waals surface area contributed by atoms with Gasteiger partial charge in [-0.15, -0.1) is 11.3 Å². The summed E-state index contributed by atoms with van der Waals surface area (Å²) in [5.74, 6) is -0.238. The van der Waals surface area contributed by atoms with Crippen LogP contribution in [0.1, 0.15) is 33.3 Å². The minimum atomic E-state index is -0.149. The molecule has 1 aliphatic heterocycles. The van der Waals surface area contributed by atoms with E-state index in [9.17, 15) is 14.9 Å². The number of carbonyl (C=O) groups is 2. The molecule has 0 unspecified atom stereocenters. The molecule has 0 bridgehead atoms. The Morgan fingerprint density at radius 1 is 1.14 bits per heavy atom. The number of ketones is 1. The van der Waals surface area contributed by atoms with Crippen LogP contribution in [0.3, 0.4) is 0 Å². The lowest BCUT2D eigenvalue weighted by atomic mass is 10.1. The molecular weight excluding hydrogens is 372 g/mol. The number of nitrogens with one attached hydrogen (secondary N) is 1. The highest BCUT2D eigenvalue weighted by molar-refractivity contribution is 7.18. The van der Waals surface area contributed by atoms with Gasteiger partial charge >= 0.3 is 0 Å². The van der Waals surface area contributed by atoms with Crippen LogP contribution in [0, 0.1) is 18.3 Å². The molecule has 0 spiro atoms. The van der Waals surface area contributed by atoms with Gasteiger partial charge < -0.3 is 5.32 Å². The molecule has 0 aliphatic carbocycles. The van der Waals surface area contributed by atoms with Crippen LogP contribution in [0.25, 0.3) is 0 Å². The SMILES string of the molecule is CC(=O)c1sc(NC(=O)CN2CCN(Cc3ccccc3)CC2)c(C#N)c1C. The van der Waals surface area contributed by atoms with E-state index in [0.29, 0.717) is 21.0 Å². The van der Waals surface area contributed by atoms with Gasteiger partial charge in [0.25, 0.3) is 0 Å². The van der Waals surface area contributed by atoms with Gasteiger partial charge in [-0.3, -0.25) is 19.4 Å². The minimum absolute atomic E-state index is 0.0889. The summed E-state index contributed by atoms with van der Waals surface area (Å²) in [5, 5.41) is 12.7. The first-order valence-electron chi connectivity index (χ1n) is 9.31. The number of Topliss-reactive ketones (excluding diaryl/α,β-unsaturated/α-hetero) is 1. The summed E-state index contributed by atoms with van der Waals surface area (Å²) in [7, 11) is 0. The lowest BCUT2D eigenvalue weighted by Crippen LogP contribution is -2.48. The van der Waals surface area contributed by atoms with Crippen molar-refractivity contribution in [2.75, 3.05) is 38.0 Å². The van der Waals surface area contributed by atoms with Gasteiger partial charge in [0, 0.05) is 32.7 Å². The Hall–Kier alpha value is -2.53. The van der Waals surface area contributed by atoms with Crippen molar-refractivity contribution in [2.45, 2.75) is 20.4 Å². The van der Waals surface area contributed by atoms with Crippen molar-refractivity contribution in [1.82, 2.24) is 9.80 Å². The number of nitrogens with zero attached hydrogens (tertiary/aromatic N) is 3. The molecule has 7 heteroatoms. The van der Waals surface area contributed by atoms with Crippen molar-refractivity contribution in [2.24, 2.45) is 0 Å². The van der Waals surface area contributed by atoms with Crippen molar-refractivity contribution >= 4 is 28.0 Å². The molecule has 1 N–H and O–H groups in total. The van der Waals surface area contributed by atoms with Gasteiger partial charge in [-0.05, 0) is 25.0 Å². The smallest absolute Gasteiger partial charge is 0.239 e. The second-order valence-corrected chi connectivity index (χ2v) is 8.03. The maximum Gasteiger partial charge on any atom is 0.239 e. The van der Waals surface area contributed by atoms with Crippen molar-refractivity contribution in [3.63, 3.8) is 0 Å². The monoisotopic (exact) mass is 396 g/mol. The molecule has 0 radical (unpaired) electrons. The summed E-state index contributed by atoms with van der Waals surface area (Å²) in [4.78, 5) is 29.2. The summed E-state index contributed by atoms with van der Waals surface area (Å²) in [6, 6.07) is 12.5. The summed E-state index contributed by atoms with van der Waals surface area (Å²) >= 11 is 1.18. The fraction of sp³-hybridized carbons (Fsp3) is 0.381. The summed E-state index contributed by atoms with van der Waals surface area (Å²) < 4.78 is 0. The first kappa shape index (κ1) is 20.2. The zero-order valence-corrected chi connectivity index (χ0v) is 17.0. The second kappa shape index (κ2) is 9.11. The van der Waals surface area contributed by atoms with Gasteiger partial charge in [-0.25, -0.2) is 0 Å². The maximum atomic E-state index is 12.5. The molecule has 1 amide bonds. The fourth-order valence-electron chi connectivity index (χ4n) is 3.39. The van der Waals surface area contributed by atoms with E-state index in [1.807, 2.05) is 6.07 Å². The Balaban J connectivity index is 1.52. The summed E-state index contributed by atoms with van der Waals surface area (Å²) in [6.45, 7) is 7.91. The van der Waals surface area contributed by atoms with Gasteiger partial charge in [0.2, 0.25) is 5.91 Å². The first-order chi connectivity index (χ1) is 13.5. The van der Waals surface area contributed by atoms with Gasteiger partial charge in [-0.1, -0.05) is 30.3 Å². The highest BCUT2D eigenvalue weighted by Gasteiger charge is 2.22. The molecule has 1 aromatic heterocycles. The summed E-state index contributed by atoms with van der Waals surface area (Å²) in [6.07, 6.45) is 0. The molecule has 28 heavy (non-hydrogen) atoms. The molecule has 1 saturated heterocycles. The van der Waals surface area contributed by atoms with Crippen LogP contribution in [0.15, 0.2) is 30.3 Å². The number of hydrogen-bond acceptors (Lipinski definition) is 6. The number of thiophene rings is 1. The fourth-order valence-corrected chi connectivity index (χ4v) is 4.46. The van der Waals surface area contributed by atoms with Gasteiger partial charge in [-0.2, -0.15) is 5.26 Å². The van der Waals surface area contributed by atoms with E-state index in [2.05, 4.69) is 45.5 Å². The molecule has 2 heterocycles. The normalized spacial score (nSPS) is 15.2. The third kappa shape index (κ3) is 4.84. The van der Waals surface area contributed by atoms with Crippen LogP contribution in [0.5, 0.6) is 0 Å². The molecule has 6 nitrogen and oxygen atoms in total. The number of nitriles is 1. The second-order valence-electron chi connectivity index (χ2n) is 7.01. The zero-order valence-electron chi connectivity index (χ0n) is 16.2. The summed E-state index contributed by atoms with van der Waals surface area (Å²) in [5.41, 5.74) is 2.33. The van der Waals surface area contributed by atoms with Crippen molar-refractivity contribution in [3.05, 3.63) is 51.9 Å². The number of hydrogen-bond donors (Lipinski definition) is 1. The Bertz CT molecular complexity index is 893. The van der Waals surface area contributed by atoms with E-state index in [-0.39, 0.29) is 18.2 Å². The van der Waals surface area contributed by atoms with Crippen LogP contribution in [-0.4, -0.2) is 54.2 Å². The van der Waals surface area contributed by atoms with Crippen LogP contribution in [0.4, 0.5) is 5.00 Å². The zero-order chi connectivity index (χ0) is 20.1. The highest BCUT2D eigenvalue weighted by atomic mass is 32.1. The average Bonchev–Trinajstić information content (AvgIpc) is 2.99. The highest BCUT2D eigenvalue weighted by Crippen LogP contribution is 2.32. The Morgan fingerprint density at radius 3 is 2.39 bits per heavy atom. The van der Waals surface area contributed by atoms with E-state index < -0.39 is 0 Å². The Kier molecular flexibility index (Phi) is 6.57. The molecule has 1 fully saturated rings. The number of anilines is 1. The number of rotatable bonds is 6. The van der Waals surface area contributed by atoms with E-state index in [0.717, 1.165) is 32.7 Å². The molecule has 1 aromatic carbocycles. The third-order valence-corrected chi connectivity index (χ3v) is 6.22. The van der Waals surface area contributed by atoms with Crippen LogP contribution < -0.4 is 5.32 Å². The topological polar surface area (TPSA) is 76.4 Å². The molecule has 0 atom stereocenters. The molecule has 2 aromatic rings. The van der Waals surface area contributed by atoms with Crippen molar-refractivity contribution in [1.29, 1.82) is 5.26 Å². The van der Waals surface area contributed by atoms with Crippen LogP contribution in [0.2, 0.25) is 0 Å². The number of amides is 1. The Morgan fingerprint density at radius 2 is 1.79 bits per heavy atom. The first-order valence-corrected chi connectivity index (χ1v) is 10.1. The third-order valence-electron chi connectivity index (χ3n) is 4.91. The van der Waals surface area contributed by atoms with Crippen molar-refractivity contribution < 1.29 is 9.59 Å².